The van der Waals surface area contributed by atoms with Gasteiger partial charge in [0.25, 0.3) is 0 Å². The van der Waals surface area contributed by atoms with Crippen molar-refractivity contribution in [3.05, 3.63) is 73.2 Å². The van der Waals surface area contributed by atoms with Crippen LogP contribution < -0.4 is 5.73 Å². The second-order valence-electron chi connectivity index (χ2n) is 8.95. The summed E-state index contributed by atoms with van der Waals surface area (Å²) in [5, 5.41) is 1.89. The number of rotatable bonds is 5. The molecule has 174 valence electrons. The lowest BCUT2D eigenvalue weighted by atomic mass is 9.80. The Morgan fingerprint density at radius 1 is 1.06 bits per heavy atom. The van der Waals surface area contributed by atoms with Gasteiger partial charge in [-0.05, 0) is 37.5 Å². The van der Waals surface area contributed by atoms with Crippen molar-refractivity contribution < 1.29 is 9.53 Å². The fourth-order valence-corrected chi connectivity index (χ4v) is 4.93. The SMILES string of the molecule is CCOC(=O)[C@H]1C[C@@H](n2cc(-c3ccc4ccc(-c5ccccc5)nc4c3)c3c(N)ncnc32)C1. The number of hydrogen-bond donors (Lipinski definition) is 1. The first kappa shape index (κ1) is 21.3. The van der Waals surface area contributed by atoms with E-state index in [1.807, 2.05) is 31.2 Å². The highest BCUT2D eigenvalue weighted by Gasteiger charge is 2.37. The molecule has 1 aliphatic rings. The highest BCUT2D eigenvalue weighted by molar-refractivity contribution is 6.02. The molecule has 6 rings (SSSR count). The number of hydrogen-bond acceptors (Lipinski definition) is 6. The molecule has 2 N–H and O–H groups in total. The summed E-state index contributed by atoms with van der Waals surface area (Å²) in [5.41, 5.74) is 12.0. The largest absolute Gasteiger partial charge is 0.466 e. The third-order valence-corrected chi connectivity index (χ3v) is 6.84. The number of aromatic nitrogens is 4. The molecule has 7 heteroatoms. The van der Waals surface area contributed by atoms with Crippen LogP contribution in [0.5, 0.6) is 0 Å². The lowest BCUT2D eigenvalue weighted by Gasteiger charge is -2.34. The van der Waals surface area contributed by atoms with E-state index < -0.39 is 0 Å². The predicted octanol–water partition coefficient (Wildman–Crippen LogP) is 5.41. The summed E-state index contributed by atoms with van der Waals surface area (Å²) in [5.74, 6) is 0.252. The summed E-state index contributed by atoms with van der Waals surface area (Å²) in [4.78, 5) is 25.9. The number of nitrogens with two attached hydrogens (primary N) is 1. The maximum Gasteiger partial charge on any atom is 0.309 e. The molecular weight excluding hydrogens is 438 g/mol. The van der Waals surface area contributed by atoms with Crippen LogP contribution in [0.2, 0.25) is 0 Å². The van der Waals surface area contributed by atoms with Crippen LogP contribution in [0, 0.1) is 5.92 Å². The Balaban J connectivity index is 1.41. The lowest BCUT2D eigenvalue weighted by molar-refractivity contribution is -0.152. The number of nitrogens with zero attached hydrogens (tertiary/aromatic N) is 4. The number of anilines is 1. The average molecular weight is 464 g/mol. The zero-order valence-electron chi connectivity index (χ0n) is 19.4. The topological polar surface area (TPSA) is 95.9 Å². The molecule has 0 unspecified atom stereocenters. The van der Waals surface area contributed by atoms with Crippen molar-refractivity contribution in [1.82, 2.24) is 19.5 Å². The number of esters is 1. The van der Waals surface area contributed by atoms with Gasteiger partial charge >= 0.3 is 5.97 Å². The van der Waals surface area contributed by atoms with E-state index in [1.165, 1.54) is 6.33 Å². The molecule has 1 saturated carbocycles. The Morgan fingerprint density at radius 2 is 1.86 bits per heavy atom. The van der Waals surface area contributed by atoms with Gasteiger partial charge in [0.1, 0.15) is 17.8 Å². The Morgan fingerprint density at radius 3 is 2.66 bits per heavy atom. The van der Waals surface area contributed by atoms with Crippen LogP contribution in [-0.2, 0) is 9.53 Å². The van der Waals surface area contributed by atoms with E-state index in [0.717, 1.165) is 57.2 Å². The number of pyridine rings is 1. The molecule has 7 nitrogen and oxygen atoms in total. The third-order valence-electron chi connectivity index (χ3n) is 6.84. The first-order valence-electron chi connectivity index (χ1n) is 11.9. The van der Waals surface area contributed by atoms with Crippen molar-refractivity contribution >= 4 is 33.7 Å². The maximum absolute atomic E-state index is 12.1. The number of carbonyl (C=O) groups excluding carboxylic acids is 1. The smallest absolute Gasteiger partial charge is 0.309 e. The summed E-state index contributed by atoms with van der Waals surface area (Å²) in [6, 6.07) is 20.7. The molecule has 0 spiro atoms. The van der Waals surface area contributed by atoms with E-state index in [0.29, 0.717) is 12.4 Å². The van der Waals surface area contributed by atoms with Crippen LogP contribution in [0.15, 0.2) is 73.2 Å². The highest BCUT2D eigenvalue weighted by atomic mass is 16.5. The second-order valence-corrected chi connectivity index (χ2v) is 8.95. The van der Waals surface area contributed by atoms with E-state index in [2.05, 4.69) is 57.1 Å². The van der Waals surface area contributed by atoms with Crippen molar-refractivity contribution in [2.45, 2.75) is 25.8 Å². The predicted molar refractivity (Wildman–Crippen MR) is 137 cm³/mol. The van der Waals surface area contributed by atoms with Crippen LogP contribution in [0.4, 0.5) is 5.82 Å². The number of carbonyl (C=O) groups is 1. The number of fused-ring (bicyclic) bond motifs is 2. The molecule has 0 saturated heterocycles. The van der Waals surface area contributed by atoms with E-state index in [1.54, 1.807) is 0 Å². The molecule has 1 aliphatic carbocycles. The quantitative estimate of drug-likeness (QED) is 0.350. The van der Waals surface area contributed by atoms with Crippen LogP contribution >= 0.6 is 0 Å². The summed E-state index contributed by atoms with van der Waals surface area (Å²) in [7, 11) is 0. The van der Waals surface area contributed by atoms with Gasteiger partial charge in [-0.15, -0.1) is 0 Å². The Labute approximate surface area is 202 Å². The molecule has 3 heterocycles. The maximum atomic E-state index is 12.1. The van der Waals surface area contributed by atoms with Gasteiger partial charge in [-0.25, -0.2) is 15.0 Å². The number of benzene rings is 2. The van der Waals surface area contributed by atoms with Gasteiger partial charge in [0.05, 0.1) is 29.1 Å². The zero-order chi connectivity index (χ0) is 23.9. The molecule has 3 aromatic heterocycles. The van der Waals surface area contributed by atoms with Crippen LogP contribution in [-0.4, -0.2) is 32.1 Å². The van der Waals surface area contributed by atoms with Crippen LogP contribution in [0.25, 0.3) is 44.3 Å². The first-order chi connectivity index (χ1) is 17.1. The fourth-order valence-electron chi connectivity index (χ4n) is 4.93. The standard InChI is InChI=1S/C28H25N5O2/c1-2-35-28(34)20-12-21(13-20)33-15-22(25-26(29)30-16-31-27(25)33)19-9-8-18-10-11-23(32-24(18)14-19)17-6-4-3-5-7-17/h3-11,14-16,20-21H,2,12-13H2,1H3,(H2,29,30,31)/t20-,21+. The van der Waals surface area contributed by atoms with Gasteiger partial charge in [0.15, 0.2) is 0 Å². The Kier molecular flexibility index (Phi) is 5.17. The molecule has 5 aromatic rings. The number of ether oxygens (including phenoxy) is 1. The van der Waals surface area contributed by atoms with Crippen molar-refractivity contribution in [1.29, 1.82) is 0 Å². The third kappa shape index (κ3) is 3.69. The molecule has 0 bridgehead atoms. The van der Waals surface area contributed by atoms with Gasteiger partial charge in [0.2, 0.25) is 0 Å². The molecule has 1 fully saturated rings. The fraction of sp³-hybridized carbons (Fsp3) is 0.214. The second kappa shape index (κ2) is 8.51. The minimum atomic E-state index is -0.121. The molecule has 0 radical (unpaired) electrons. The minimum absolute atomic E-state index is 0.0682. The molecule has 2 aromatic carbocycles. The van der Waals surface area contributed by atoms with Gasteiger partial charge < -0.3 is 15.0 Å². The summed E-state index contributed by atoms with van der Waals surface area (Å²) in [6.07, 6.45) is 5.04. The van der Waals surface area contributed by atoms with Gasteiger partial charge in [-0.1, -0.05) is 48.5 Å². The first-order valence-corrected chi connectivity index (χ1v) is 11.9. The van der Waals surface area contributed by atoms with Crippen LogP contribution in [0.3, 0.4) is 0 Å². The van der Waals surface area contributed by atoms with Crippen LogP contribution in [0.1, 0.15) is 25.8 Å². The Bertz CT molecular complexity index is 1550. The molecule has 35 heavy (non-hydrogen) atoms. The molecular formula is C28H25N5O2. The molecule has 0 atom stereocenters. The van der Waals surface area contributed by atoms with Crippen molar-refractivity contribution in [3.8, 4) is 22.4 Å². The van der Waals surface area contributed by atoms with E-state index >= 15 is 0 Å². The average Bonchev–Trinajstić information content (AvgIpc) is 3.24. The lowest BCUT2D eigenvalue weighted by Crippen LogP contribution is -2.33. The normalized spacial score (nSPS) is 17.4. The van der Waals surface area contributed by atoms with E-state index in [9.17, 15) is 4.79 Å². The zero-order valence-corrected chi connectivity index (χ0v) is 19.4. The van der Waals surface area contributed by atoms with E-state index in [4.69, 9.17) is 15.5 Å². The molecule has 0 aliphatic heterocycles. The Hall–Kier alpha value is -4.26. The summed E-state index contributed by atoms with van der Waals surface area (Å²) < 4.78 is 7.33. The van der Waals surface area contributed by atoms with Crippen molar-refractivity contribution in [2.24, 2.45) is 5.92 Å². The van der Waals surface area contributed by atoms with Gasteiger partial charge in [0, 0.05) is 28.8 Å². The number of nitrogen functional groups attached to an aromatic ring is 1. The minimum Gasteiger partial charge on any atom is -0.466 e. The van der Waals surface area contributed by atoms with Crippen molar-refractivity contribution in [2.75, 3.05) is 12.3 Å². The van der Waals surface area contributed by atoms with Crippen molar-refractivity contribution in [3.63, 3.8) is 0 Å². The summed E-state index contributed by atoms with van der Waals surface area (Å²) in [6.45, 7) is 2.24. The van der Waals surface area contributed by atoms with Gasteiger partial charge in [-0.3, -0.25) is 4.79 Å². The van der Waals surface area contributed by atoms with E-state index in [-0.39, 0.29) is 17.9 Å². The molecule has 0 amide bonds. The monoisotopic (exact) mass is 463 g/mol. The summed E-state index contributed by atoms with van der Waals surface area (Å²) >= 11 is 0. The highest BCUT2D eigenvalue weighted by Crippen LogP contribution is 2.43. The van der Waals surface area contributed by atoms with Gasteiger partial charge in [-0.2, -0.15) is 0 Å².